The van der Waals surface area contributed by atoms with Crippen LogP contribution in [0.5, 0.6) is 0 Å². The lowest BCUT2D eigenvalue weighted by Crippen LogP contribution is -1.96. The van der Waals surface area contributed by atoms with Gasteiger partial charge in [-0.05, 0) is 28.1 Å². The monoisotopic (exact) mass is 300 g/mol. The molecule has 0 radical (unpaired) electrons. The van der Waals surface area contributed by atoms with Gasteiger partial charge in [0.25, 0.3) is 0 Å². The molecule has 4 nitrogen and oxygen atoms in total. The number of carbonyl (C=O) groups is 1. The highest BCUT2D eigenvalue weighted by atomic mass is 79.9. The van der Waals surface area contributed by atoms with E-state index in [1.807, 2.05) is 6.07 Å². The van der Waals surface area contributed by atoms with E-state index in [2.05, 4.69) is 20.9 Å². The summed E-state index contributed by atoms with van der Waals surface area (Å²) in [7, 11) is 0. The maximum atomic E-state index is 10.8. The molecule has 2 rings (SSSR count). The van der Waals surface area contributed by atoms with Gasteiger partial charge in [0.1, 0.15) is 0 Å². The Hall–Kier alpha value is -1.33. The minimum atomic E-state index is -1.08. The predicted molar refractivity (Wildman–Crippen MR) is 63.2 cm³/mol. The Kier molecular flexibility index (Phi) is 2.98. The van der Waals surface area contributed by atoms with E-state index < -0.39 is 5.97 Å². The summed E-state index contributed by atoms with van der Waals surface area (Å²) in [6.07, 6.45) is 1.41. The van der Waals surface area contributed by atoms with Crippen LogP contribution in [0.1, 0.15) is 10.5 Å². The highest BCUT2D eigenvalue weighted by Crippen LogP contribution is 2.24. The molecule has 0 aliphatic carbocycles. The third-order valence-electron chi connectivity index (χ3n) is 1.99. The standard InChI is InChI=1S/C10H6BrClN2O2/c11-10-13-7(9(15)16)5-14(10)8-4-2-1-3-6(8)12/h1-5H,(H,15,16). The summed E-state index contributed by atoms with van der Waals surface area (Å²) in [5, 5.41) is 9.33. The number of aromatic carboxylic acids is 1. The Bertz CT molecular complexity index is 554. The van der Waals surface area contributed by atoms with Crippen LogP contribution in [0.2, 0.25) is 5.02 Å². The Morgan fingerprint density at radius 2 is 2.12 bits per heavy atom. The summed E-state index contributed by atoms with van der Waals surface area (Å²) in [5.74, 6) is -1.08. The SMILES string of the molecule is O=C(O)c1cn(-c2ccccc2Cl)c(Br)n1. The first kappa shape index (κ1) is 11.2. The molecule has 82 valence electrons. The number of para-hydroxylation sites is 1. The van der Waals surface area contributed by atoms with Crippen molar-refractivity contribution in [2.75, 3.05) is 0 Å². The maximum Gasteiger partial charge on any atom is 0.356 e. The molecule has 1 heterocycles. The van der Waals surface area contributed by atoms with Crippen LogP contribution in [0, 0.1) is 0 Å². The van der Waals surface area contributed by atoms with Gasteiger partial charge in [0.05, 0.1) is 10.7 Å². The lowest BCUT2D eigenvalue weighted by molar-refractivity contribution is 0.0691. The average Bonchev–Trinajstić information content (AvgIpc) is 2.61. The van der Waals surface area contributed by atoms with Gasteiger partial charge in [-0.15, -0.1) is 0 Å². The van der Waals surface area contributed by atoms with Gasteiger partial charge in [-0.1, -0.05) is 23.7 Å². The Labute approximate surface area is 105 Å². The van der Waals surface area contributed by atoms with E-state index >= 15 is 0 Å². The molecule has 0 spiro atoms. The third-order valence-corrected chi connectivity index (χ3v) is 2.87. The lowest BCUT2D eigenvalue weighted by atomic mass is 10.3. The van der Waals surface area contributed by atoms with Gasteiger partial charge in [0.2, 0.25) is 0 Å². The number of hydrogen-bond acceptors (Lipinski definition) is 2. The van der Waals surface area contributed by atoms with Gasteiger partial charge in [-0.2, -0.15) is 0 Å². The van der Waals surface area contributed by atoms with Crippen molar-refractivity contribution in [3.8, 4) is 5.69 Å². The van der Waals surface area contributed by atoms with E-state index in [0.29, 0.717) is 15.4 Å². The quantitative estimate of drug-likeness (QED) is 0.927. The van der Waals surface area contributed by atoms with Gasteiger partial charge >= 0.3 is 5.97 Å². The molecule has 1 aromatic carbocycles. The summed E-state index contributed by atoms with van der Waals surface area (Å²) < 4.78 is 1.98. The fourth-order valence-corrected chi connectivity index (χ4v) is 1.99. The molecule has 1 N–H and O–H groups in total. The second-order valence-electron chi connectivity index (χ2n) is 3.02. The average molecular weight is 302 g/mol. The normalized spacial score (nSPS) is 10.4. The van der Waals surface area contributed by atoms with E-state index in [4.69, 9.17) is 16.7 Å². The van der Waals surface area contributed by atoms with Crippen LogP contribution < -0.4 is 0 Å². The van der Waals surface area contributed by atoms with Crippen molar-refractivity contribution in [2.45, 2.75) is 0 Å². The largest absolute Gasteiger partial charge is 0.476 e. The van der Waals surface area contributed by atoms with E-state index in [1.54, 1.807) is 22.8 Å². The van der Waals surface area contributed by atoms with Crippen molar-refractivity contribution >= 4 is 33.5 Å². The molecule has 0 fully saturated rings. The van der Waals surface area contributed by atoms with Gasteiger partial charge in [-0.25, -0.2) is 9.78 Å². The molecule has 0 unspecified atom stereocenters. The zero-order valence-corrected chi connectivity index (χ0v) is 10.2. The van der Waals surface area contributed by atoms with Crippen molar-refractivity contribution in [3.05, 3.63) is 45.9 Å². The van der Waals surface area contributed by atoms with E-state index in [-0.39, 0.29) is 5.69 Å². The number of benzene rings is 1. The van der Waals surface area contributed by atoms with Crippen molar-refractivity contribution in [1.29, 1.82) is 0 Å². The van der Waals surface area contributed by atoms with Crippen molar-refractivity contribution in [2.24, 2.45) is 0 Å². The molecule has 6 heteroatoms. The second kappa shape index (κ2) is 4.27. The summed E-state index contributed by atoms with van der Waals surface area (Å²) in [4.78, 5) is 14.6. The van der Waals surface area contributed by atoms with Crippen molar-refractivity contribution < 1.29 is 9.90 Å². The number of imidazole rings is 1. The summed E-state index contributed by atoms with van der Waals surface area (Å²) in [6, 6.07) is 7.12. The van der Waals surface area contributed by atoms with Crippen LogP contribution in [0.25, 0.3) is 5.69 Å². The van der Waals surface area contributed by atoms with E-state index in [9.17, 15) is 4.79 Å². The molecule has 0 saturated carbocycles. The zero-order valence-electron chi connectivity index (χ0n) is 7.89. The molecule has 1 aromatic heterocycles. The van der Waals surface area contributed by atoms with Crippen molar-refractivity contribution in [3.63, 3.8) is 0 Å². The van der Waals surface area contributed by atoms with Crippen LogP contribution in [0.4, 0.5) is 0 Å². The summed E-state index contributed by atoms with van der Waals surface area (Å²) in [6.45, 7) is 0. The predicted octanol–water partition coefficient (Wildman–Crippen LogP) is 2.99. The minimum Gasteiger partial charge on any atom is -0.476 e. The Morgan fingerprint density at radius 1 is 1.44 bits per heavy atom. The molecule has 0 amide bonds. The van der Waals surface area contributed by atoms with Crippen LogP contribution >= 0.6 is 27.5 Å². The molecular formula is C10H6BrClN2O2. The number of halogens is 2. The third kappa shape index (κ3) is 1.96. The van der Waals surface area contributed by atoms with Gasteiger partial charge in [0.15, 0.2) is 10.4 Å². The topological polar surface area (TPSA) is 55.1 Å². The Morgan fingerprint density at radius 3 is 2.69 bits per heavy atom. The van der Waals surface area contributed by atoms with Gasteiger partial charge in [0, 0.05) is 6.20 Å². The van der Waals surface area contributed by atoms with E-state index in [1.165, 1.54) is 6.20 Å². The molecule has 0 aliphatic rings. The van der Waals surface area contributed by atoms with Gasteiger partial charge in [-0.3, -0.25) is 4.57 Å². The zero-order chi connectivity index (χ0) is 11.7. The first-order valence-electron chi connectivity index (χ1n) is 4.32. The molecule has 0 aliphatic heterocycles. The first-order chi connectivity index (χ1) is 7.59. The molecular weight excluding hydrogens is 295 g/mol. The number of rotatable bonds is 2. The van der Waals surface area contributed by atoms with Crippen LogP contribution in [-0.4, -0.2) is 20.6 Å². The van der Waals surface area contributed by atoms with Crippen LogP contribution in [0.15, 0.2) is 35.2 Å². The summed E-state index contributed by atoms with van der Waals surface area (Å²) >= 11 is 9.19. The van der Waals surface area contributed by atoms with E-state index in [0.717, 1.165) is 0 Å². The van der Waals surface area contributed by atoms with Gasteiger partial charge < -0.3 is 5.11 Å². The van der Waals surface area contributed by atoms with Crippen LogP contribution in [0.3, 0.4) is 0 Å². The number of carboxylic acids is 1. The second-order valence-corrected chi connectivity index (χ2v) is 4.14. The highest BCUT2D eigenvalue weighted by molar-refractivity contribution is 9.10. The molecule has 0 bridgehead atoms. The number of hydrogen-bond donors (Lipinski definition) is 1. The molecule has 0 saturated heterocycles. The fraction of sp³-hybridized carbons (Fsp3) is 0. The molecule has 2 aromatic rings. The van der Waals surface area contributed by atoms with Crippen LogP contribution in [-0.2, 0) is 0 Å². The number of nitrogens with zero attached hydrogens (tertiary/aromatic N) is 2. The smallest absolute Gasteiger partial charge is 0.356 e. The minimum absolute atomic E-state index is 0.0354. The first-order valence-corrected chi connectivity index (χ1v) is 5.50. The van der Waals surface area contributed by atoms with Crippen molar-refractivity contribution in [1.82, 2.24) is 9.55 Å². The maximum absolute atomic E-state index is 10.8. The molecule has 0 atom stereocenters. The lowest BCUT2D eigenvalue weighted by Gasteiger charge is -2.05. The number of aromatic nitrogens is 2. The summed E-state index contributed by atoms with van der Waals surface area (Å²) in [5.41, 5.74) is 0.642. The fourth-order valence-electron chi connectivity index (χ4n) is 1.28. The number of carboxylic acid groups (broad SMARTS) is 1. The Balaban J connectivity index is 2.57. The molecule has 16 heavy (non-hydrogen) atoms. The highest BCUT2D eigenvalue weighted by Gasteiger charge is 2.13.